The molecule has 0 radical (unpaired) electrons. The summed E-state index contributed by atoms with van der Waals surface area (Å²) < 4.78 is 0.934. The molecular weight excluding hydrogens is 411 g/mol. The summed E-state index contributed by atoms with van der Waals surface area (Å²) in [6.07, 6.45) is 0. The highest BCUT2D eigenvalue weighted by Gasteiger charge is 2.26. The van der Waals surface area contributed by atoms with E-state index in [2.05, 4.69) is 4.90 Å². The summed E-state index contributed by atoms with van der Waals surface area (Å²) in [5.41, 5.74) is 1.08. The molecule has 1 amide bonds. The van der Waals surface area contributed by atoms with Crippen LogP contribution in [0.3, 0.4) is 0 Å². The van der Waals surface area contributed by atoms with Gasteiger partial charge in [0.25, 0.3) is 5.91 Å². The van der Waals surface area contributed by atoms with Gasteiger partial charge in [-0.05, 0) is 30.3 Å². The highest BCUT2D eigenvalue weighted by molar-refractivity contribution is 7.21. The SMILES string of the molecule is O=C(c1sc2cc(Cl)ccc2c1Cl)N1CCN(c2cccc(Cl)c2)CC1. The Hall–Kier alpha value is -1.46. The van der Waals surface area contributed by atoms with Gasteiger partial charge in [-0.25, -0.2) is 0 Å². The van der Waals surface area contributed by atoms with Crippen molar-refractivity contribution in [2.75, 3.05) is 31.1 Å². The predicted molar refractivity (Wildman–Crippen MR) is 111 cm³/mol. The summed E-state index contributed by atoms with van der Waals surface area (Å²) in [5.74, 6) is -0.0157. The Bertz CT molecular complexity index is 980. The maximum absolute atomic E-state index is 13.0. The predicted octanol–water partition coefficient (Wildman–Crippen LogP) is 5.82. The number of fused-ring (bicyclic) bond motifs is 1. The third-order valence-electron chi connectivity index (χ3n) is 4.53. The van der Waals surface area contributed by atoms with Gasteiger partial charge in [0.05, 0.1) is 5.02 Å². The van der Waals surface area contributed by atoms with Gasteiger partial charge < -0.3 is 9.80 Å². The van der Waals surface area contributed by atoms with Crippen LogP contribution in [-0.2, 0) is 0 Å². The zero-order valence-corrected chi connectivity index (χ0v) is 16.8. The fraction of sp³-hybridized carbons (Fsp3) is 0.211. The van der Waals surface area contributed by atoms with Crippen molar-refractivity contribution in [2.45, 2.75) is 0 Å². The van der Waals surface area contributed by atoms with Crippen LogP contribution < -0.4 is 4.90 Å². The molecule has 0 bridgehead atoms. The van der Waals surface area contributed by atoms with E-state index in [4.69, 9.17) is 34.8 Å². The number of anilines is 1. The summed E-state index contributed by atoms with van der Waals surface area (Å²) in [7, 11) is 0. The molecule has 1 saturated heterocycles. The molecule has 7 heteroatoms. The van der Waals surface area contributed by atoms with Crippen molar-refractivity contribution in [2.24, 2.45) is 0 Å². The lowest BCUT2D eigenvalue weighted by atomic mass is 10.2. The number of hydrogen-bond donors (Lipinski definition) is 0. The van der Waals surface area contributed by atoms with E-state index < -0.39 is 0 Å². The maximum Gasteiger partial charge on any atom is 0.265 e. The van der Waals surface area contributed by atoms with Crippen molar-refractivity contribution < 1.29 is 4.79 Å². The Morgan fingerprint density at radius 1 is 0.923 bits per heavy atom. The van der Waals surface area contributed by atoms with Crippen LogP contribution >= 0.6 is 46.1 Å². The number of hydrogen-bond acceptors (Lipinski definition) is 3. The Balaban J connectivity index is 1.51. The van der Waals surface area contributed by atoms with Crippen molar-refractivity contribution in [3.63, 3.8) is 0 Å². The van der Waals surface area contributed by atoms with E-state index in [0.717, 1.165) is 33.9 Å². The zero-order chi connectivity index (χ0) is 18.3. The maximum atomic E-state index is 13.0. The van der Waals surface area contributed by atoms with Gasteiger partial charge in [-0.3, -0.25) is 4.79 Å². The first kappa shape index (κ1) is 17.9. The molecule has 1 aromatic heterocycles. The van der Waals surface area contributed by atoms with E-state index in [9.17, 15) is 4.79 Å². The van der Waals surface area contributed by atoms with Crippen LogP contribution in [0.4, 0.5) is 5.69 Å². The summed E-state index contributed by atoms with van der Waals surface area (Å²) >= 11 is 20.0. The van der Waals surface area contributed by atoms with Crippen molar-refractivity contribution in [1.82, 2.24) is 4.90 Å². The minimum atomic E-state index is -0.0157. The Labute approximate surface area is 170 Å². The van der Waals surface area contributed by atoms with Crippen molar-refractivity contribution >= 4 is 67.8 Å². The third-order valence-corrected chi connectivity index (χ3v) is 6.64. The molecule has 1 aliphatic rings. The van der Waals surface area contributed by atoms with Gasteiger partial charge in [0.15, 0.2) is 0 Å². The average molecular weight is 426 g/mol. The van der Waals surface area contributed by atoms with E-state index >= 15 is 0 Å². The van der Waals surface area contributed by atoms with Gasteiger partial charge in [-0.15, -0.1) is 11.3 Å². The van der Waals surface area contributed by atoms with Crippen LogP contribution in [0.1, 0.15) is 9.67 Å². The summed E-state index contributed by atoms with van der Waals surface area (Å²) in [6, 6.07) is 13.3. The fourth-order valence-electron chi connectivity index (χ4n) is 3.16. The van der Waals surface area contributed by atoms with E-state index in [0.29, 0.717) is 28.0 Å². The number of piperazine rings is 1. The Morgan fingerprint density at radius 3 is 2.38 bits per heavy atom. The molecule has 0 N–H and O–H groups in total. The van der Waals surface area contributed by atoms with E-state index in [1.165, 1.54) is 11.3 Å². The average Bonchev–Trinajstić information content (AvgIpc) is 2.97. The van der Waals surface area contributed by atoms with Crippen LogP contribution in [0, 0.1) is 0 Å². The first-order valence-corrected chi connectivity index (χ1v) is 10.2. The second-order valence-corrected chi connectivity index (χ2v) is 8.45. The standard InChI is InChI=1S/C19H15Cl3N2OS/c20-12-2-1-3-14(10-12)23-6-8-24(9-7-23)19(25)18-17(22)15-5-4-13(21)11-16(15)26-18/h1-5,10-11H,6-9H2. The van der Waals surface area contributed by atoms with Crippen molar-refractivity contribution in [3.8, 4) is 0 Å². The number of carbonyl (C=O) groups is 1. The largest absolute Gasteiger partial charge is 0.368 e. The molecule has 1 aliphatic heterocycles. The number of nitrogens with zero attached hydrogens (tertiary/aromatic N) is 2. The molecule has 0 aliphatic carbocycles. The highest BCUT2D eigenvalue weighted by Crippen LogP contribution is 2.37. The van der Waals surface area contributed by atoms with Gasteiger partial charge >= 0.3 is 0 Å². The normalized spacial score (nSPS) is 14.9. The van der Waals surface area contributed by atoms with Gasteiger partial charge in [0.2, 0.25) is 0 Å². The monoisotopic (exact) mass is 424 g/mol. The highest BCUT2D eigenvalue weighted by atomic mass is 35.5. The van der Waals surface area contributed by atoms with Crippen molar-refractivity contribution in [1.29, 1.82) is 0 Å². The number of benzene rings is 2. The number of rotatable bonds is 2. The van der Waals surface area contributed by atoms with Crippen LogP contribution in [-0.4, -0.2) is 37.0 Å². The molecule has 0 saturated carbocycles. The number of amides is 1. The van der Waals surface area contributed by atoms with Crippen LogP contribution in [0.5, 0.6) is 0 Å². The second kappa shape index (κ2) is 7.28. The fourth-order valence-corrected chi connectivity index (χ4v) is 5.10. The molecule has 1 fully saturated rings. The topological polar surface area (TPSA) is 23.6 Å². The van der Waals surface area contributed by atoms with Crippen LogP contribution in [0.15, 0.2) is 42.5 Å². The smallest absolute Gasteiger partial charge is 0.265 e. The summed E-state index contributed by atoms with van der Waals surface area (Å²) in [5, 5.41) is 2.76. The lowest BCUT2D eigenvalue weighted by Gasteiger charge is -2.36. The lowest BCUT2D eigenvalue weighted by Crippen LogP contribution is -2.48. The molecule has 0 atom stereocenters. The van der Waals surface area contributed by atoms with Gasteiger partial charge in [0, 0.05) is 52.0 Å². The number of halogens is 3. The first-order chi connectivity index (χ1) is 12.5. The molecule has 0 unspecified atom stereocenters. The third kappa shape index (κ3) is 3.39. The molecule has 26 heavy (non-hydrogen) atoms. The minimum Gasteiger partial charge on any atom is -0.368 e. The Morgan fingerprint density at radius 2 is 1.65 bits per heavy atom. The number of carbonyl (C=O) groups excluding carboxylic acids is 1. The van der Waals surface area contributed by atoms with Gasteiger partial charge in [-0.1, -0.05) is 46.9 Å². The van der Waals surface area contributed by atoms with Gasteiger partial charge in [-0.2, -0.15) is 0 Å². The molecular formula is C19H15Cl3N2OS. The molecule has 0 spiro atoms. The first-order valence-electron chi connectivity index (χ1n) is 8.20. The molecule has 134 valence electrons. The van der Waals surface area contributed by atoms with E-state index in [1.54, 1.807) is 6.07 Å². The van der Waals surface area contributed by atoms with Gasteiger partial charge in [0.1, 0.15) is 4.88 Å². The van der Waals surface area contributed by atoms with E-state index in [-0.39, 0.29) is 5.91 Å². The summed E-state index contributed by atoms with van der Waals surface area (Å²) in [4.78, 5) is 17.6. The van der Waals surface area contributed by atoms with Crippen LogP contribution in [0.25, 0.3) is 10.1 Å². The van der Waals surface area contributed by atoms with E-state index in [1.807, 2.05) is 41.3 Å². The minimum absolute atomic E-state index is 0.0157. The lowest BCUT2D eigenvalue weighted by molar-refractivity contribution is 0.0752. The molecule has 4 rings (SSSR count). The molecule has 3 aromatic rings. The van der Waals surface area contributed by atoms with Crippen LogP contribution in [0.2, 0.25) is 15.1 Å². The molecule has 2 heterocycles. The Kier molecular flexibility index (Phi) is 5.02. The molecule has 2 aromatic carbocycles. The second-order valence-electron chi connectivity index (χ2n) is 6.14. The quantitative estimate of drug-likeness (QED) is 0.516. The van der Waals surface area contributed by atoms with Crippen molar-refractivity contribution in [3.05, 3.63) is 62.4 Å². The molecule has 3 nitrogen and oxygen atoms in total. The zero-order valence-electron chi connectivity index (χ0n) is 13.7. The number of thiophene rings is 1. The summed E-state index contributed by atoms with van der Waals surface area (Å²) in [6.45, 7) is 2.83.